The van der Waals surface area contributed by atoms with Crippen molar-refractivity contribution in [1.29, 1.82) is 0 Å². The van der Waals surface area contributed by atoms with Gasteiger partial charge in [0, 0.05) is 13.1 Å². The van der Waals surface area contributed by atoms with E-state index in [0.717, 1.165) is 15.6 Å². The maximum Gasteiger partial charge on any atom is 0.414 e. The average Bonchev–Trinajstić information content (AvgIpc) is 2.85. The van der Waals surface area contributed by atoms with E-state index in [-0.39, 0.29) is 16.5 Å². The lowest BCUT2D eigenvalue weighted by atomic mass is 10.1. The molecule has 2 heterocycles. The number of amides is 1. The molecule has 3 N–H and O–H groups in total. The molecule has 0 spiro atoms. The fourth-order valence-corrected chi connectivity index (χ4v) is 4.74. The normalized spacial score (nSPS) is 22.1. The topological polar surface area (TPSA) is 157 Å². The summed E-state index contributed by atoms with van der Waals surface area (Å²) in [6.45, 7) is 6.48. The maximum atomic E-state index is 12.5. The van der Waals surface area contributed by atoms with Gasteiger partial charge in [0.05, 0.1) is 14.7 Å². The zero-order valence-corrected chi connectivity index (χ0v) is 17.1. The molecule has 1 aromatic heterocycles. The predicted molar refractivity (Wildman–Crippen MR) is 99.9 cm³/mol. The molecule has 0 saturated heterocycles. The molecule has 1 aromatic rings. The van der Waals surface area contributed by atoms with Crippen LogP contribution in [0.2, 0.25) is 0 Å². The second kappa shape index (κ2) is 6.73. The molecule has 1 aliphatic heterocycles. The number of nitro groups is 1. The second-order valence-corrected chi connectivity index (χ2v) is 10.3. The van der Waals surface area contributed by atoms with Gasteiger partial charge in [0.15, 0.2) is 5.66 Å². The van der Waals surface area contributed by atoms with Gasteiger partial charge in [-0.3, -0.25) is 15.4 Å². The molecule has 0 unspecified atom stereocenters. The van der Waals surface area contributed by atoms with Crippen LogP contribution in [0.5, 0.6) is 0 Å². The number of ether oxygens (including phenoxy) is 1. The van der Waals surface area contributed by atoms with Gasteiger partial charge in [0.25, 0.3) is 5.69 Å². The van der Waals surface area contributed by atoms with Gasteiger partial charge in [0.1, 0.15) is 11.4 Å². The Morgan fingerprint density at radius 1 is 1.52 bits per heavy atom. The van der Waals surface area contributed by atoms with E-state index in [2.05, 4.69) is 10.3 Å². The molecule has 11 nitrogen and oxygen atoms in total. The van der Waals surface area contributed by atoms with Gasteiger partial charge in [-0.05, 0) is 27.7 Å². The smallest absolute Gasteiger partial charge is 0.414 e. The van der Waals surface area contributed by atoms with Crippen LogP contribution in [0.4, 0.5) is 10.5 Å². The number of aryl methyl sites for hydroxylation is 1. The summed E-state index contributed by atoms with van der Waals surface area (Å²) < 4.78 is 30.9. The van der Waals surface area contributed by atoms with Crippen LogP contribution in [-0.2, 0) is 20.4 Å². The number of nitrogens with one attached hydrogen (secondary N) is 1. The minimum Gasteiger partial charge on any atom is -0.444 e. The van der Waals surface area contributed by atoms with E-state index in [4.69, 9.17) is 10.5 Å². The summed E-state index contributed by atoms with van der Waals surface area (Å²) >= 11 is 0.980. The molecular weight excluding hydrogens is 398 g/mol. The molecule has 1 aliphatic rings. The Balaban J connectivity index is 2.47. The molecular formula is C14H21N5O6S2. The van der Waals surface area contributed by atoms with Crippen LogP contribution in [0.3, 0.4) is 0 Å². The Kier molecular flexibility index (Phi) is 5.24. The Bertz CT molecular complexity index is 917. The minimum absolute atomic E-state index is 0.173. The summed E-state index contributed by atoms with van der Waals surface area (Å²) in [5, 5.41) is 13.4. The lowest BCUT2D eigenvalue weighted by Gasteiger charge is -2.34. The van der Waals surface area contributed by atoms with Crippen LogP contribution in [0, 0.1) is 17.0 Å². The van der Waals surface area contributed by atoms with Crippen molar-refractivity contribution in [2.24, 2.45) is 10.7 Å². The van der Waals surface area contributed by atoms with Crippen molar-refractivity contribution in [3.05, 3.63) is 25.9 Å². The zero-order valence-electron chi connectivity index (χ0n) is 15.5. The summed E-state index contributed by atoms with van der Waals surface area (Å²) in [5.41, 5.74) is 3.44. The number of carbonyl (C=O) groups excluding carboxylic acids is 1. The van der Waals surface area contributed by atoms with E-state index in [1.165, 1.54) is 20.0 Å². The highest BCUT2D eigenvalue weighted by Crippen LogP contribution is 2.37. The number of carbonyl (C=O) groups is 1. The fourth-order valence-electron chi connectivity index (χ4n) is 2.29. The SMILES string of the molecule is Cc1sc([C@]2(N)CS(=O)(=O)N(C)C(NC(=O)OC(C)(C)C)=N2)cc1[N+](=O)[O-]. The first-order valence-electron chi connectivity index (χ1n) is 7.75. The first kappa shape index (κ1) is 21.1. The molecule has 0 aliphatic carbocycles. The average molecular weight is 419 g/mol. The first-order chi connectivity index (χ1) is 12.1. The van der Waals surface area contributed by atoms with Crippen molar-refractivity contribution in [3.63, 3.8) is 0 Å². The number of guanidine groups is 1. The third-order valence-corrected chi connectivity index (χ3v) is 6.57. The first-order valence-corrected chi connectivity index (χ1v) is 10.2. The van der Waals surface area contributed by atoms with Crippen LogP contribution in [0.1, 0.15) is 30.5 Å². The highest BCUT2D eigenvalue weighted by Gasteiger charge is 2.44. The molecule has 0 aromatic carbocycles. The number of nitrogens with two attached hydrogens (primary N) is 1. The van der Waals surface area contributed by atoms with Gasteiger partial charge >= 0.3 is 6.09 Å². The van der Waals surface area contributed by atoms with Crippen molar-refractivity contribution in [3.8, 4) is 0 Å². The van der Waals surface area contributed by atoms with Crippen LogP contribution < -0.4 is 11.1 Å². The Labute approximate surface area is 160 Å². The molecule has 1 atom stereocenters. The number of sulfonamides is 1. The van der Waals surface area contributed by atoms with Crippen molar-refractivity contribution < 1.29 is 22.9 Å². The van der Waals surface area contributed by atoms with E-state index in [1.54, 1.807) is 20.8 Å². The Hall–Kier alpha value is -2.25. The van der Waals surface area contributed by atoms with Crippen molar-refractivity contribution in [1.82, 2.24) is 9.62 Å². The van der Waals surface area contributed by atoms with Crippen LogP contribution >= 0.6 is 11.3 Å². The number of nitrogens with zero attached hydrogens (tertiary/aromatic N) is 3. The maximum absolute atomic E-state index is 12.5. The molecule has 1 amide bonds. The summed E-state index contributed by atoms with van der Waals surface area (Å²) in [4.78, 5) is 27.2. The highest BCUT2D eigenvalue weighted by atomic mass is 32.2. The predicted octanol–water partition coefficient (Wildman–Crippen LogP) is 1.23. The lowest BCUT2D eigenvalue weighted by molar-refractivity contribution is -0.385. The summed E-state index contributed by atoms with van der Waals surface area (Å²) in [5.74, 6) is -0.931. The molecule has 0 bridgehead atoms. The van der Waals surface area contributed by atoms with E-state index in [1.807, 2.05) is 0 Å². The molecule has 27 heavy (non-hydrogen) atoms. The van der Waals surface area contributed by atoms with E-state index >= 15 is 0 Å². The van der Waals surface area contributed by atoms with Gasteiger partial charge in [-0.1, -0.05) is 0 Å². The third kappa shape index (κ3) is 4.54. The Morgan fingerprint density at radius 3 is 2.59 bits per heavy atom. The van der Waals surface area contributed by atoms with Gasteiger partial charge in [-0.25, -0.2) is 22.5 Å². The third-order valence-electron chi connectivity index (χ3n) is 3.55. The second-order valence-electron chi connectivity index (χ2n) is 7.02. The number of rotatable bonds is 2. The standard InChI is InChI=1S/C14H21N5O6S2/c1-8-9(19(21)22)6-10(26-8)14(15)7-27(23,24)18(5)11(17-14)16-12(20)25-13(2,3)4/h6H,7,15H2,1-5H3,(H,16,17,20)/t14-/m0/s1. The summed E-state index contributed by atoms with van der Waals surface area (Å²) in [6.07, 6.45) is -0.902. The van der Waals surface area contributed by atoms with E-state index < -0.39 is 38.1 Å². The van der Waals surface area contributed by atoms with Crippen molar-refractivity contribution in [2.45, 2.75) is 39.0 Å². The highest BCUT2D eigenvalue weighted by molar-refractivity contribution is 7.89. The zero-order chi connectivity index (χ0) is 20.8. The molecule has 0 radical (unpaired) electrons. The van der Waals surface area contributed by atoms with Gasteiger partial charge in [-0.15, -0.1) is 11.3 Å². The largest absolute Gasteiger partial charge is 0.444 e. The van der Waals surface area contributed by atoms with Gasteiger partial charge in [-0.2, -0.15) is 0 Å². The van der Waals surface area contributed by atoms with Gasteiger partial charge in [0.2, 0.25) is 16.0 Å². The number of alkyl carbamates (subject to hydrolysis) is 1. The Morgan fingerprint density at radius 2 is 2.11 bits per heavy atom. The number of hydrogen-bond donors (Lipinski definition) is 2. The lowest BCUT2D eigenvalue weighted by Crippen LogP contribution is -2.57. The molecule has 0 saturated carbocycles. The number of thiophene rings is 1. The van der Waals surface area contributed by atoms with Crippen LogP contribution in [0.15, 0.2) is 11.1 Å². The van der Waals surface area contributed by atoms with Crippen molar-refractivity contribution >= 4 is 39.1 Å². The molecule has 0 fully saturated rings. The summed E-state index contributed by atoms with van der Waals surface area (Å²) in [6, 6.07) is 1.20. The van der Waals surface area contributed by atoms with E-state index in [9.17, 15) is 23.3 Å². The molecule has 13 heteroatoms. The molecule has 150 valence electrons. The monoisotopic (exact) mass is 419 g/mol. The van der Waals surface area contributed by atoms with E-state index in [0.29, 0.717) is 4.88 Å². The number of hydrogen-bond acceptors (Lipinski definition) is 9. The number of aliphatic imine (C=N–C) groups is 1. The fraction of sp³-hybridized carbons (Fsp3) is 0.571. The molecule has 2 rings (SSSR count). The van der Waals surface area contributed by atoms with Crippen LogP contribution in [-0.4, -0.2) is 48.1 Å². The van der Waals surface area contributed by atoms with Crippen LogP contribution in [0.25, 0.3) is 0 Å². The van der Waals surface area contributed by atoms with Crippen molar-refractivity contribution in [2.75, 3.05) is 12.8 Å². The summed E-state index contributed by atoms with van der Waals surface area (Å²) in [7, 11) is -2.72. The van der Waals surface area contributed by atoms with Gasteiger partial charge < -0.3 is 10.5 Å². The minimum atomic E-state index is -3.94. The quantitative estimate of drug-likeness (QED) is 0.539.